The van der Waals surface area contributed by atoms with Crippen LogP contribution in [0.15, 0.2) is 39.7 Å². The predicted molar refractivity (Wildman–Crippen MR) is 152 cm³/mol. The first-order valence-corrected chi connectivity index (χ1v) is 16.5. The lowest BCUT2D eigenvalue weighted by molar-refractivity contribution is -0.202. The van der Waals surface area contributed by atoms with E-state index in [4.69, 9.17) is 16.3 Å². The molecule has 3 heterocycles. The van der Waals surface area contributed by atoms with Gasteiger partial charge >= 0.3 is 6.18 Å². The van der Waals surface area contributed by atoms with Crippen molar-refractivity contribution in [1.29, 1.82) is 5.26 Å². The summed E-state index contributed by atoms with van der Waals surface area (Å²) in [6, 6.07) is 1.84. The molecule has 0 radical (unpaired) electrons. The van der Waals surface area contributed by atoms with E-state index in [2.05, 4.69) is 31.5 Å². The first-order valence-electron chi connectivity index (χ1n) is 13.7. The molecule has 2 saturated heterocycles. The average Bonchev–Trinajstić information content (AvgIpc) is 3.53. The third-order valence-electron chi connectivity index (χ3n) is 8.41. The van der Waals surface area contributed by atoms with E-state index in [0.29, 0.717) is 23.9 Å². The van der Waals surface area contributed by atoms with E-state index in [-0.39, 0.29) is 35.7 Å². The van der Waals surface area contributed by atoms with Crippen molar-refractivity contribution in [3.63, 3.8) is 0 Å². The van der Waals surface area contributed by atoms with Crippen molar-refractivity contribution in [1.82, 2.24) is 20.5 Å². The second-order valence-electron chi connectivity index (χ2n) is 11.3. The average molecular weight is 725 g/mol. The van der Waals surface area contributed by atoms with Crippen molar-refractivity contribution < 1.29 is 40.3 Å². The number of nitrogens with zero attached hydrogens (tertiary/aromatic N) is 3. The van der Waals surface area contributed by atoms with Gasteiger partial charge in [-0.1, -0.05) is 11.6 Å². The fourth-order valence-corrected chi connectivity index (χ4v) is 8.45. The fraction of sp³-hybridized carbons (Fsp3) is 0.556. The largest absolute Gasteiger partial charge is 0.482 e. The maximum absolute atomic E-state index is 15.1. The third-order valence-corrected chi connectivity index (χ3v) is 11.9. The number of amides is 2. The Balaban J connectivity index is 1.42. The molecule has 44 heavy (non-hydrogen) atoms. The number of likely N-dealkylation sites (tertiary alicyclic amines) is 1. The van der Waals surface area contributed by atoms with E-state index in [9.17, 15) is 36.4 Å². The summed E-state index contributed by atoms with van der Waals surface area (Å²) in [5.41, 5.74) is -2.97. The summed E-state index contributed by atoms with van der Waals surface area (Å²) in [6.45, 7) is 0.691. The minimum atomic E-state index is -4.65. The van der Waals surface area contributed by atoms with Gasteiger partial charge in [-0.15, -0.1) is 0 Å². The number of allylic oxidation sites excluding steroid dienone is 2. The van der Waals surface area contributed by atoms with Gasteiger partial charge < -0.3 is 15.0 Å². The Labute approximate surface area is 263 Å². The molecule has 3 fully saturated rings. The predicted octanol–water partition coefficient (Wildman–Crippen LogP) is 3.47. The standard InChI is InChI=1S/C27H27BrClF4N5O5S/c1-14(27(31,32)33)43-16-2-3-21(18(29)9-16)44(41,42)17-10-20(23(39)37-25(13-34)4-5-25)38(12-17)24(40)26(6-7-36-26)22-19(30)8-15(28)11-35-22/h2,8-9,11,14,17,20-21,36H,3-7,10,12H2,1H3,(H,37,39)/t14-,17+,20-,21?,26?/m0/s1. The van der Waals surface area contributed by atoms with Gasteiger partial charge in [-0.25, -0.2) is 12.8 Å². The van der Waals surface area contributed by atoms with Crippen LogP contribution in [0.5, 0.6) is 0 Å². The molecule has 2 aliphatic carbocycles. The zero-order chi connectivity index (χ0) is 32.2. The number of hydrogen-bond donors (Lipinski definition) is 2. The zero-order valence-electron chi connectivity index (χ0n) is 23.1. The number of halogens is 6. The number of nitrogens with one attached hydrogen (secondary N) is 2. The Morgan fingerprint density at radius 2 is 2.02 bits per heavy atom. The molecule has 4 aliphatic rings. The number of sulfone groups is 1. The lowest BCUT2D eigenvalue weighted by atomic mass is 9.82. The quantitative estimate of drug-likeness (QED) is 0.389. The molecule has 2 aliphatic heterocycles. The van der Waals surface area contributed by atoms with Crippen LogP contribution in [0.2, 0.25) is 0 Å². The molecule has 10 nitrogen and oxygen atoms in total. The number of alkyl halides is 3. The maximum atomic E-state index is 15.1. The zero-order valence-corrected chi connectivity index (χ0v) is 26.3. The number of carbonyl (C=O) groups is 2. The molecule has 2 amide bonds. The minimum absolute atomic E-state index is 0.128. The van der Waals surface area contributed by atoms with Gasteiger partial charge in [0.1, 0.15) is 39.6 Å². The van der Waals surface area contributed by atoms with Crippen LogP contribution in [-0.4, -0.2) is 77.6 Å². The van der Waals surface area contributed by atoms with E-state index in [1.54, 1.807) is 0 Å². The lowest BCUT2D eigenvalue weighted by Crippen LogP contribution is -2.66. The normalized spacial score (nSPS) is 28.6. The van der Waals surface area contributed by atoms with E-state index >= 15 is 4.39 Å². The number of carbonyl (C=O) groups excluding carboxylic acids is 2. The number of rotatable bonds is 8. The van der Waals surface area contributed by atoms with Crippen LogP contribution in [-0.2, 0) is 29.7 Å². The summed E-state index contributed by atoms with van der Waals surface area (Å²) in [4.78, 5) is 32.8. The van der Waals surface area contributed by atoms with Gasteiger partial charge in [0.2, 0.25) is 11.8 Å². The van der Waals surface area contributed by atoms with E-state index in [1.165, 1.54) is 12.3 Å². The molecule has 5 rings (SSSR count). The van der Waals surface area contributed by atoms with Crippen molar-refractivity contribution in [3.05, 3.63) is 51.2 Å². The second-order valence-corrected chi connectivity index (χ2v) is 15.1. The van der Waals surface area contributed by atoms with Crippen LogP contribution in [0.4, 0.5) is 17.6 Å². The van der Waals surface area contributed by atoms with E-state index in [0.717, 1.165) is 24.0 Å². The molecule has 1 saturated carbocycles. The van der Waals surface area contributed by atoms with Crippen molar-refractivity contribution in [2.24, 2.45) is 0 Å². The highest BCUT2D eigenvalue weighted by Gasteiger charge is 2.57. The van der Waals surface area contributed by atoms with Gasteiger partial charge in [0, 0.05) is 22.2 Å². The Morgan fingerprint density at radius 1 is 1.34 bits per heavy atom. The van der Waals surface area contributed by atoms with Crippen molar-refractivity contribution >= 4 is 49.2 Å². The summed E-state index contributed by atoms with van der Waals surface area (Å²) < 4.78 is 86.9. The number of aromatic nitrogens is 1. The van der Waals surface area contributed by atoms with Gasteiger partial charge in [-0.05, 0) is 79.7 Å². The molecule has 1 aromatic heterocycles. The molecule has 5 atom stereocenters. The van der Waals surface area contributed by atoms with Crippen LogP contribution < -0.4 is 10.6 Å². The monoisotopic (exact) mass is 723 g/mol. The molecule has 17 heteroatoms. The molecule has 0 bridgehead atoms. The Kier molecular flexibility index (Phi) is 8.58. The topological polar surface area (TPSA) is 141 Å². The highest BCUT2D eigenvalue weighted by molar-refractivity contribution is 9.10. The summed E-state index contributed by atoms with van der Waals surface area (Å²) in [7, 11) is -4.25. The maximum Gasteiger partial charge on any atom is 0.425 e. The minimum Gasteiger partial charge on any atom is -0.482 e. The van der Waals surface area contributed by atoms with Gasteiger partial charge in [0.15, 0.2) is 15.9 Å². The second kappa shape index (κ2) is 11.6. The highest BCUT2D eigenvalue weighted by Crippen LogP contribution is 2.41. The van der Waals surface area contributed by atoms with Crippen molar-refractivity contribution in [2.45, 2.75) is 78.9 Å². The van der Waals surface area contributed by atoms with E-state index in [1.807, 2.05) is 6.07 Å². The van der Waals surface area contributed by atoms with Crippen LogP contribution in [0.3, 0.4) is 0 Å². The molecule has 238 valence electrons. The number of hydrogen-bond acceptors (Lipinski definition) is 8. The fourth-order valence-electron chi connectivity index (χ4n) is 5.55. The van der Waals surface area contributed by atoms with Gasteiger partial charge in [-0.3, -0.25) is 19.9 Å². The molecule has 0 aromatic carbocycles. The van der Waals surface area contributed by atoms with Crippen LogP contribution >= 0.6 is 27.5 Å². The number of ether oxygens (including phenoxy) is 1. The Morgan fingerprint density at radius 3 is 2.55 bits per heavy atom. The molecular formula is C27H27BrClF4N5O5S. The van der Waals surface area contributed by atoms with Gasteiger partial charge in [-0.2, -0.15) is 18.4 Å². The first-order chi connectivity index (χ1) is 20.5. The van der Waals surface area contributed by atoms with Crippen molar-refractivity contribution in [2.75, 3.05) is 13.1 Å². The Hall–Kier alpha value is -2.74. The first kappa shape index (κ1) is 32.6. The van der Waals surface area contributed by atoms with Crippen molar-refractivity contribution in [3.8, 4) is 6.07 Å². The number of pyridine rings is 1. The SMILES string of the molecule is C[C@H](OC1=CCC(S(=O)(=O)[C@@H]2C[C@@H](C(=O)NC3(C#N)CC3)N(C(=O)C3(c4ncc(Br)cc4F)CCN3)C2)C(Cl)=C1)C(F)(F)F. The van der Waals surface area contributed by atoms with Gasteiger partial charge in [0.05, 0.1) is 11.3 Å². The van der Waals surface area contributed by atoms with Gasteiger partial charge in [0.25, 0.3) is 0 Å². The van der Waals surface area contributed by atoms with E-state index < -0.39 is 73.9 Å². The smallest absolute Gasteiger partial charge is 0.425 e. The van der Waals surface area contributed by atoms with Crippen LogP contribution in [0.1, 0.15) is 44.7 Å². The van der Waals surface area contributed by atoms with Crippen LogP contribution in [0, 0.1) is 17.1 Å². The Bertz CT molecular complexity index is 1590. The highest BCUT2D eigenvalue weighted by atomic mass is 79.9. The summed E-state index contributed by atoms with van der Waals surface area (Å²) in [5, 5.41) is 12.1. The summed E-state index contributed by atoms with van der Waals surface area (Å²) >= 11 is 9.41. The lowest BCUT2D eigenvalue weighted by Gasteiger charge is -2.44. The molecule has 2 unspecified atom stereocenters. The van der Waals surface area contributed by atoms with Crippen LogP contribution in [0.25, 0.3) is 0 Å². The summed E-state index contributed by atoms with van der Waals surface area (Å²) in [6.07, 6.45) is -3.01. The molecule has 0 spiro atoms. The molecule has 2 N–H and O–H groups in total. The number of nitriles is 1. The molecular weight excluding hydrogens is 698 g/mol. The summed E-state index contributed by atoms with van der Waals surface area (Å²) in [5.74, 6) is -2.50. The molecule has 1 aromatic rings. The third kappa shape index (κ3) is 5.95.